The molecule has 2 heterocycles. The maximum Gasteiger partial charge on any atom is 0.334 e. The molecule has 1 aromatic carbocycles. The number of nitrogens with one attached hydrogen (secondary N) is 1. The number of unbranched alkanes of at least 4 members (excludes halogenated alkanes) is 4. The maximum absolute atomic E-state index is 13.4. The van der Waals surface area contributed by atoms with Crippen LogP contribution < -0.4 is 5.32 Å². The van der Waals surface area contributed by atoms with E-state index >= 15 is 0 Å². The highest BCUT2D eigenvalue weighted by atomic mass is 16.2. The number of nitrogens with zero attached hydrogens (tertiary/aromatic N) is 4. The van der Waals surface area contributed by atoms with Crippen molar-refractivity contribution in [1.82, 2.24) is 25.1 Å². The highest BCUT2D eigenvalue weighted by Gasteiger charge is 2.50. The van der Waals surface area contributed by atoms with Gasteiger partial charge in [0.1, 0.15) is 12.2 Å². The van der Waals surface area contributed by atoms with Crippen LogP contribution in [0.1, 0.15) is 64.4 Å². The van der Waals surface area contributed by atoms with Crippen LogP contribution in [0, 0.1) is 0 Å². The summed E-state index contributed by atoms with van der Waals surface area (Å²) in [5.74, 6) is -0.0616. The van der Waals surface area contributed by atoms with E-state index in [-0.39, 0.29) is 24.4 Å². The minimum Gasteiger partial charge on any atom is -0.337 e. The van der Waals surface area contributed by atoms with Gasteiger partial charge in [-0.3, -0.25) is 9.59 Å². The van der Waals surface area contributed by atoms with Crippen molar-refractivity contribution < 1.29 is 14.4 Å². The van der Waals surface area contributed by atoms with E-state index in [9.17, 15) is 14.4 Å². The molecule has 182 valence electrons. The highest BCUT2D eigenvalue weighted by Crippen LogP contribution is 2.28. The van der Waals surface area contributed by atoms with Crippen molar-refractivity contribution in [2.24, 2.45) is 0 Å². The van der Waals surface area contributed by atoms with E-state index in [1.165, 1.54) is 0 Å². The Hall–Kier alpha value is -2.61. The Morgan fingerprint density at radius 2 is 1.76 bits per heavy atom. The summed E-state index contributed by atoms with van der Waals surface area (Å²) in [6.45, 7) is 5.76. The quantitative estimate of drug-likeness (QED) is 0.548. The van der Waals surface area contributed by atoms with Gasteiger partial charge in [-0.1, -0.05) is 76.3 Å². The standard InChI is InChI=1S/C25H39N5O3/c1-4-6-8-12-16-28-18-22-29(21(24(28)32)15-7-5-2)23(31)19-27(3)30(22)25(33)26-17-20-13-10-9-11-14-20/h9-11,13-14,21-22H,4-8,12,15-19H2,1-3H3,(H,26,33)/t21-,22-/m0/s1. The van der Waals surface area contributed by atoms with Crippen molar-refractivity contribution in [3.05, 3.63) is 35.9 Å². The fraction of sp³-hybridized carbons (Fsp3) is 0.640. The Morgan fingerprint density at radius 1 is 1.03 bits per heavy atom. The first kappa shape index (κ1) is 25.0. The Bertz CT molecular complexity index is 802. The molecule has 0 aromatic heterocycles. The lowest BCUT2D eigenvalue weighted by molar-refractivity contribution is -0.187. The summed E-state index contributed by atoms with van der Waals surface area (Å²) in [6, 6.07) is 9.01. The molecular formula is C25H39N5O3. The minimum absolute atomic E-state index is 0.0266. The number of piperazine rings is 1. The molecule has 3 rings (SSSR count). The molecule has 1 aromatic rings. The van der Waals surface area contributed by atoms with Crippen LogP contribution in [0.2, 0.25) is 0 Å². The van der Waals surface area contributed by atoms with E-state index in [2.05, 4.69) is 19.2 Å². The van der Waals surface area contributed by atoms with E-state index < -0.39 is 12.2 Å². The molecule has 2 aliphatic rings. The largest absolute Gasteiger partial charge is 0.337 e. The molecule has 0 spiro atoms. The molecule has 2 aliphatic heterocycles. The fourth-order valence-corrected chi connectivity index (χ4v) is 4.76. The van der Waals surface area contributed by atoms with Gasteiger partial charge in [-0.2, -0.15) is 0 Å². The second-order valence-electron chi connectivity index (χ2n) is 9.09. The van der Waals surface area contributed by atoms with Crippen molar-refractivity contribution >= 4 is 17.8 Å². The first-order chi connectivity index (χ1) is 16.0. The lowest BCUT2D eigenvalue weighted by atomic mass is 10.0. The summed E-state index contributed by atoms with van der Waals surface area (Å²) in [4.78, 5) is 43.3. The number of carbonyl (C=O) groups is 3. The van der Waals surface area contributed by atoms with Gasteiger partial charge in [0.2, 0.25) is 11.8 Å². The van der Waals surface area contributed by atoms with Gasteiger partial charge in [-0.15, -0.1) is 0 Å². The molecule has 2 fully saturated rings. The van der Waals surface area contributed by atoms with Gasteiger partial charge in [0.05, 0.1) is 13.1 Å². The highest BCUT2D eigenvalue weighted by molar-refractivity contribution is 5.91. The number of urea groups is 1. The van der Waals surface area contributed by atoms with Crippen LogP contribution >= 0.6 is 0 Å². The summed E-state index contributed by atoms with van der Waals surface area (Å²) < 4.78 is 0. The lowest BCUT2D eigenvalue weighted by Crippen LogP contribution is -2.75. The smallest absolute Gasteiger partial charge is 0.334 e. The zero-order valence-corrected chi connectivity index (χ0v) is 20.3. The summed E-state index contributed by atoms with van der Waals surface area (Å²) in [7, 11) is 1.76. The Kier molecular flexibility index (Phi) is 9.11. The van der Waals surface area contributed by atoms with E-state index in [1.807, 2.05) is 35.2 Å². The molecule has 4 amide bonds. The summed E-state index contributed by atoms with van der Waals surface area (Å²) in [5.41, 5.74) is 1.01. The number of likely N-dealkylation sites (N-methyl/N-ethyl adjacent to an activating group) is 1. The van der Waals surface area contributed by atoms with Gasteiger partial charge in [-0.25, -0.2) is 14.8 Å². The van der Waals surface area contributed by atoms with Gasteiger partial charge in [0.15, 0.2) is 0 Å². The summed E-state index contributed by atoms with van der Waals surface area (Å²) in [5, 5.41) is 6.31. The lowest BCUT2D eigenvalue weighted by Gasteiger charge is -2.54. The predicted molar refractivity (Wildman–Crippen MR) is 128 cm³/mol. The molecule has 0 bridgehead atoms. The number of rotatable bonds is 10. The number of hydrazine groups is 1. The first-order valence-electron chi connectivity index (χ1n) is 12.4. The topological polar surface area (TPSA) is 76.2 Å². The SMILES string of the molecule is CCCCCCN1C[C@H]2N(C(=O)CN(C)N2C(=O)NCc2ccccc2)[C@@H](CCCC)C1=O. The third kappa shape index (κ3) is 6.05. The Balaban J connectivity index is 1.79. The zero-order valence-electron chi connectivity index (χ0n) is 20.3. The second kappa shape index (κ2) is 12.0. The Morgan fingerprint density at radius 3 is 2.45 bits per heavy atom. The van der Waals surface area contributed by atoms with Gasteiger partial charge in [-0.05, 0) is 18.4 Å². The van der Waals surface area contributed by atoms with Crippen molar-refractivity contribution in [3.8, 4) is 0 Å². The van der Waals surface area contributed by atoms with Crippen LogP contribution in [0.4, 0.5) is 4.79 Å². The number of carbonyl (C=O) groups excluding carboxylic acids is 3. The third-order valence-electron chi connectivity index (χ3n) is 6.55. The predicted octanol–water partition coefficient (Wildman–Crippen LogP) is 3.19. The molecule has 8 heteroatoms. The molecule has 0 aliphatic carbocycles. The molecular weight excluding hydrogens is 418 g/mol. The number of amides is 4. The molecule has 2 atom stereocenters. The average molecular weight is 458 g/mol. The van der Waals surface area contributed by atoms with Crippen LogP contribution in [0.15, 0.2) is 30.3 Å². The minimum atomic E-state index is -0.500. The summed E-state index contributed by atoms with van der Waals surface area (Å²) in [6.07, 6.45) is 6.26. The van der Waals surface area contributed by atoms with Crippen LogP contribution in [0.3, 0.4) is 0 Å². The average Bonchev–Trinajstić information content (AvgIpc) is 2.81. The van der Waals surface area contributed by atoms with Crippen LogP contribution in [0.25, 0.3) is 0 Å². The van der Waals surface area contributed by atoms with E-state index in [1.54, 1.807) is 22.0 Å². The van der Waals surface area contributed by atoms with Gasteiger partial charge < -0.3 is 15.1 Å². The van der Waals surface area contributed by atoms with Crippen molar-refractivity contribution in [1.29, 1.82) is 0 Å². The summed E-state index contributed by atoms with van der Waals surface area (Å²) >= 11 is 0. The molecule has 0 radical (unpaired) electrons. The molecule has 2 saturated heterocycles. The first-order valence-corrected chi connectivity index (χ1v) is 12.4. The normalized spacial score (nSPS) is 21.4. The maximum atomic E-state index is 13.4. The zero-order chi connectivity index (χ0) is 23.8. The third-order valence-corrected chi connectivity index (χ3v) is 6.55. The number of fused-ring (bicyclic) bond motifs is 1. The van der Waals surface area contributed by atoms with Crippen molar-refractivity contribution in [2.75, 3.05) is 26.7 Å². The van der Waals surface area contributed by atoms with Crippen LogP contribution in [0.5, 0.6) is 0 Å². The number of hydrogen-bond acceptors (Lipinski definition) is 4. The molecule has 8 nitrogen and oxygen atoms in total. The number of benzene rings is 1. The second-order valence-corrected chi connectivity index (χ2v) is 9.09. The van der Waals surface area contributed by atoms with Crippen LogP contribution in [-0.2, 0) is 16.1 Å². The van der Waals surface area contributed by atoms with E-state index in [4.69, 9.17) is 0 Å². The molecule has 0 saturated carbocycles. The van der Waals surface area contributed by atoms with E-state index in [0.29, 0.717) is 26.1 Å². The molecule has 1 N–H and O–H groups in total. The fourth-order valence-electron chi connectivity index (χ4n) is 4.76. The van der Waals surface area contributed by atoms with Gasteiger partial charge >= 0.3 is 6.03 Å². The van der Waals surface area contributed by atoms with Gasteiger partial charge in [0.25, 0.3) is 0 Å². The Labute approximate surface area is 197 Å². The van der Waals surface area contributed by atoms with Crippen molar-refractivity contribution in [3.63, 3.8) is 0 Å². The van der Waals surface area contributed by atoms with Crippen molar-refractivity contribution in [2.45, 2.75) is 77.5 Å². The number of hydrogen-bond donors (Lipinski definition) is 1. The van der Waals surface area contributed by atoms with Gasteiger partial charge in [0, 0.05) is 20.1 Å². The monoisotopic (exact) mass is 457 g/mol. The molecule has 0 unspecified atom stereocenters. The van der Waals surface area contributed by atoms with Crippen LogP contribution in [-0.4, -0.2) is 76.6 Å². The van der Waals surface area contributed by atoms with E-state index in [0.717, 1.165) is 44.1 Å². The molecule has 33 heavy (non-hydrogen) atoms.